The molecule has 4 aliphatic carbocycles. The number of ketones is 1. The van der Waals surface area contributed by atoms with Crippen LogP contribution in [0.25, 0.3) is 11.3 Å². The average molecular weight is 604 g/mol. The second kappa shape index (κ2) is 8.48. The summed E-state index contributed by atoms with van der Waals surface area (Å²) in [6.45, 7) is 18.9. The van der Waals surface area contributed by atoms with E-state index in [1.165, 1.54) is 5.56 Å². The molecule has 236 valence electrons. The average Bonchev–Trinajstić information content (AvgIpc) is 3.47. The minimum absolute atomic E-state index is 0.0445. The van der Waals surface area contributed by atoms with Crippen molar-refractivity contribution in [2.24, 2.45) is 34.0 Å². The molecule has 10 atom stereocenters. The second-order valence-electron chi connectivity index (χ2n) is 16.6. The van der Waals surface area contributed by atoms with Gasteiger partial charge in [0, 0.05) is 22.8 Å². The second-order valence-corrected chi connectivity index (χ2v) is 16.6. The summed E-state index contributed by atoms with van der Waals surface area (Å²) < 4.78 is 21.7. The molecular weight excluding hydrogens is 558 g/mol. The highest BCUT2D eigenvalue weighted by Gasteiger charge is 2.90. The largest absolute Gasteiger partial charge is 0.390 e. The zero-order valence-electron chi connectivity index (χ0n) is 26.8. The minimum atomic E-state index is -1.57. The van der Waals surface area contributed by atoms with Gasteiger partial charge in [-0.1, -0.05) is 70.7 Å². The molecule has 7 aliphatic rings. The zero-order valence-corrected chi connectivity index (χ0v) is 26.8. The van der Waals surface area contributed by atoms with E-state index in [1.807, 2.05) is 20.0 Å². The Bertz CT molecular complexity index is 1570. The lowest BCUT2D eigenvalue weighted by Crippen LogP contribution is -2.89. The Morgan fingerprint density at radius 2 is 1.75 bits per heavy atom. The maximum absolute atomic E-state index is 14.5. The number of carbonyl (C=O) groups excluding carboxylic acids is 1. The molecule has 0 unspecified atom stereocenters. The van der Waals surface area contributed by atoms with Crippen molar-refractivity contribution in [3.63, 3.8) is 0 Å². The van der Waals surface area contributed by atoms with Gasteiger partial charge in [0.05, 0.1) is 31.1 Å². The van der Waals surface area contributed by atoms with Gasteiger partial charge in [0.1, 0.15) is 17.2 Å². The Labute approximate surface area is 259 Å². The number of hydrogen-bond donors (Lipinski definition) is 2. The Kier molecular flexibility index (Phi) is 5.59. The van der Waals surface area contributed by atoms with Crippen LogP contribution in [-0.4, -0.2) is 67.5 Å². The number of hydrogen-bond acceptors (Lipinski definition) is 8. The first-order valence-corrected chi connectivity index (χ1v) is 16.2. The molecule has 3 spiro atoms. The van der Waals surface area contributed by atoms with E-state index in [0.717, 1.165) is 17.7 Å². The third-order valence-electron chi connectivity index (χ3n) is 12.5. The minimum Gasteiger partial charge on any atom is -0.390 e. The summed E-state index contributed by atoms with van der Waals surface area (Å²) in [6, 6.07) is 7.95. The molecule has 9 nitrogen and oxygen atoms in total. The molecule has 1 aromatic heterocycles. The fraction of sp³-hybridized carbons (Fsp3) is 0.686. The van der Waals surface area contributed by atoms with Gasteiger partial charge < -0.3 is 24.4 Å². The van der Waals surface area contributed by atoms with Gasteiger partial charge in [-0.25, -0.2) is 4.68 Å². The van der Waals surface area contributed by atoms with E-state index in [1.54, 1.807) is 4.68 Å². The highest BCUT2D eigenvalue weighted by atomic mass is 16.8. The van der Waals surface area contributed by atoms with E-state index in [0.29, 0.717) is 18.4 Å². The number of benzene rings is 1. The first kappa shape index (κ1) is 29.0. The summed E-state index contributed by atoms with van der Waals surface area (Å²) in [5.41, 5.74) is 0.816. The third-order valence-corrected chi connectivity index (χ3v) is 12.5. The fourth-order valence-electron chi connectivity index (χ4n) is 11.0. The number of ether oxygens (including phenoxy) is 3. The van der Waals surface area contributed by atoms with Gasteiger partial charge in [-0.05, 0) is 61.0 Å². The van der Waals surface area contributed by atoms with Crippen LogP contribution in [0, 0.1) is 34.0 Å². The number of Topliss-reactive ketones (excluding diaryl/α,β-unsaturated/α-hetero) is 1. The number of aliphatic hydroxyl groups is 2. The van der Waals surface area contributed by atoms with Crippen molar-refractivity contribution in [3.8, 4) is 11.3 Å². The predicted octanol–water partition coefficient (Wildman–Crippen LogP) is 4.58. The highest BCUT2D eigenvalue weighted by Crippen LogP contribution is 2.79. The molecular formula is C35H45N3O6. The summed E-state index contributed by atoms with van der Waals surface area (Å²) in [7, 11) is 0. The summed E-state index contributed by atoms with van der Waals surface area (Å²) >= 11 is 0. The molecule has 1 aromatic carbocycles. The normalized spacial score (nSPS) is 44.8. The maximum Gasteiger partial charge on any atom is 0.213 e. The lowest BCUT2D eigenvalue weighted by atomic mass is 9.35. The number of carbonyl (C=O) groups is 1. The topological polar surface area (TPSA) is 116 Å². The molecule has 2 aromatic rings. The van der Waals surface area contributed by atoms with Gasteiger partial charge in [-0.15, -0.1) is 5.10 Å². The number of aliphatic hydroxyl groups excluding tert-OH is 2. The van der Waals surface area contributed by atoms with Crippen LogP contribution in [0.15, 0.2) is 42.6 Å². The van der Waals surface area contributed by atoms with Crippen molar-refractivity contribution < 1.29 is 29.2 Å². The lowest BCUT2D eigenvalue weighted by Gasteiger charge is -2.78. The first-order valence-electron chi connectivity index (χ1n) is 16.2. The van der Waals surface area contributed by atoms with Gasteiger partial charge >= 0.3 is 0 Å². The number of nitrogens with zero attached hydrogens (tertiary/aromatic N) is 3. The van der Waals surface area contributed by atoms with Crippen LogP contribution in [0.1, 0.15) is 79.3 Å². The van der Waals surface area contributed by atoms with Crippen LogP contribution in [-0.2, 0) is 24.4 Å². The molecule has 7 fully saturated rings. The van der Waals surface area contributed by atoms with Crippen LogP contribution in [0.5, 0.6) is 0 Å². The summed E-state index contributed by atoms with van der Waals surface area (Å²) in [6.07, 6.45) is 1.25. The molecule has 4 heterocycles. The molecule has 2 N–H and O–H groups in total. The summed E-state index contributed by atoms with van der Waals surface area (Å²) in [5.74, 6) is -3.67. The molecule has 4 saturated carbocycles. The standard InChI is InChI=1S/C35H45N3O6/c1-18-21-13-14-24-33-17-42-35(34(24,26(18)39)29(21)43-32(7,8)44-35)28(41)25(33)31(5,6)15-23(27(33)40)38-16-22(36-37-38)19-9-11-20(12-10-19)30(2,3)4/h9-12,16,21,23-25,27-29,40-41H,1,13-15,17H2,2-8H3/t21-,23-,24-,25+,27+,28-,29+,33-,34-,35-/m0/s1. The highest BCUT2D eigenvalue weighted by molar-refractivity contribution is 6.05. The van der Waals surface area contributed by atoms with E-state index in [9.17, 15) is 15.0 Å². The lowest BCUT2D eigenvalue weighted by molar-refractivity contribution is -0.536. The van der Waals surface area contributed by atoms with Crippen LogP contribution in [0.4, 0.5) is 0 Å². The molecule has 3 aliphatic heterocycles. The smallest absolute Gasteiger partial charge is 0.213 e. The Balaban J connectivity index is 1.24. The van der Waals surface area contributed by atoms with Gasteiger partial charge in [0.2, 0.25) is 5.79 Å². The molecule has 44 heavy (non-hydrogen) atoms. The van der Waals surface area contributed by atoms with E-state index in [-0.39, 0.29) is 35.6 Å². The van der Waals surface area contributed by atoms with E-state index < -0.39 is 52.2 Å². The third kappa shape index (κ3) is 3.20. The SMILES string of the molecule is C=C1C(=O)[C@@]23[C@@H]4OC(C)(C)O[C@]25OC[C@]2([C@H](O)[C@@H](n6cc(-c7ccc(C(C)(C)C)cc7)nn6)CC(C)(C)[C@H]2[C@@H]5O)[C@@H]3CC[C@@H]14. The quantitative estimate of drug-likeness (QED) is 0.480. The van der Waals surface area contributed by atoms with E-state index >= 15 is 0 Å². The predicted molar refractivity (Wildman–Crippen MR) is 161 cm³/mol. The molecule has 9 heteroatoms. The zero-order chi connectivity index (χ0) is 31.4. The number of fused-ring (bicyclic) bond motifs is 1. The van der Waals surface area contributed by atoms with Crippen LogP contribution in [0.2, 0.25) is 0 Å². The summed E-state index contributed by atoms with van der Waals surface area (Å²) in [5, 5.41) is 34.2. The van der Waals surface area contributed by atoms with Crippen molar-refractivity contribution in [1.29, 1.82) is 0 Å². The monoisotopic (exact) mass is 603 g/mol. The van der Waals surface area contributed by atoms with Gasteiger partial charge in [-0.2, -0.15) is 0 Å². The molecule has 9 rings (SSSR count). The van der Waals surface area contributed by atoms with Crippen molar-refractivity contribution >= 4 is 5.78 Å². The van der Waals surface area contributed by atoms with Crippen LogP contribution in [0.3, 0.4) is 0 Å². The van der Waals surface area contributed by atoms with Gasteiger partial charge in [0.15, 0.2) is 11.6 Å². The molecule has 0 radical (unpaired) electrons. The number of aromatic nitrogens is 3. The van der Waals surface area contributed by atoms with Crippen molar-refractivity contribution in [2.45, 2.75) is 109 Å². The molecule has 4 bridgehead atoms. The van der Waals surface area contributed by atoms with Crippen LogP contribution >= 0.6 is 0 Å². The molecule has 3 saturated heterocycles. The summed E-state index contributed by atoms with van der Waals surface area (Å²) in [4.78, 5) is 14.5. The number of rotatable bonds is 2. The van der Waals surface area contributed by atoms with Crippen molar-refractivity contribution in [3.05, 3.63) is 48.2 Å². The molecule has 0 amide bonds. The van der Waals surface area contributed by atoms with Gasteiger partial charge in [-0.3, -0.25) is 4.79 Å². The fourth-order valence-corrected chi connectivity index (χ4v) is 11.0. The Morgan fingerprint density at radius 1 is 1.05 bits per heavy atom. The van der Waals surface area contributed by atoms with E-state index in [4.69, 9.17) is 14.2 Å². The first-order chi connectivity index (χ1) is 20.5. The van der Waals surface area contributed by atoms with Crippen molar-refractivity contribution in [1.82, 2.24) is 15.0 Å². The Morgan fingerprint density at radius 3 is 2.43 bits per heavy atom. The van der Waals surface area contributed by atoms with Gasteiger partial charge in [0.25, 0.3) is 0 Å². The van der Waals surface area contributed by atoms with Crippen LogP contribution < -0.4 is 0 Å². The Hall–Kier alpha value is -2.43. The maximum atomic E-state index is 14.5. The van der Waals surface area contributed by atoms with Crippen molar-refractivity contribution in [2.75, 3.05) is 6.61 Å². The van der Waals surface area contributed by atoms with E-state index in [2.05, 4.69) is 75.8 Å².